The van der Waals surface area contributed by atoms with Gasteiger partial charge in [-0.25, -0.2) is 4.98 Å². The number of rotatable bonds is 4. The largest absolute Gasteiger partial charge is 0.353 e. The van der Waals surface area contributed by atoms with Crippen molar-refractivity contribution in [3.8, 4) is 0 Å². The summed E-state index contributed by atoms with van der Waals surface area (Å²) in [6.45, 7) is 8.49. The van der Waals surface area contributed by atoms with Gasteiger partial charge in [0.25, 0.3) is 0 Å². The molecule has 0 spiro atoms. The summed E-state index contributed by atoms with van der Waals surface area (Å²) in [7, 11) is 0. The molecule has 1 atom stereocenters. The van der Waals surface area contributed by atoms with E-state index in [9.17, 15) is 0 Å². The molecular formula is C13H19N3S. The van der Waals surface area contributed by atoms with Crippen LogP contribution in [-0.4, -0.2) is 15.6 Å². The van der Waals surface area contributed by atoms with Crippen molar-refractivity contribution >= 4 is 17.3 Å². The van der Waals surface area contributed by atoms with Crippen molar-refractivity contribution in [2.75, 3.05) is 5.32 Å². The maximum absolute atomic E-state index is 4.54. The monoisotopic (exact) mass is 249 g/mol. The molecule has 0 aliphatic heterocycles. The number of nitrogens with one attached hydrogen (secondary N) is 1. The van der Waals surface area contributed by atoms with E-state index >= 15 is 0 Å². The number of nitrogens with zero attached hydrogens (tertiary/aromatic N) is 2. The molecule has 2 aromatic rings. The van der Waals surface area contributed by atoms with Gasteiger partial charge in [-0.2, -0.15) is 11.3 Å². The van der Waals surface area contributed by atoms with Crippen molar-refractivity contribution < 1.29 is 0 Å². The Bertz CT molecular complexity index is 471. The first-order valence-corrected chi connectivity index (χ1v) is 6.86. The Morgan fingerprint density at radius 1 is 1.35 bits per heavy atom. The van der Waals surface area contributed by atoms with E-state index in [1.165, 1.54) is 5.56 Å². The highest BCUT2D eigenvalue weighted by molar-refractivity contribution is 7.07. The second kappa shape index (κ2) is 4.92. The third-order valence-electron chi connectivity index (χ3n) is 2.71. The zero-order chi connectivity index (χ0) is 12.4. The molecule has 0 radical (unpaired) electrons. The Morgan fingerprint density at radius 2 is 2.12 bits per heavy atom. The van der Waals surface area contributed by atoms with Crippen LogP contribution >= 0.6 is 11.3 Å². The van der Waals surface area contributed by atoms with E-state index in [2.05, 4.69) is 58.7 Å². The lowest BCUT2D eigenvalue weighted by atomic mass is 10.2. The summed E-state index contributed by atoms with van der Waals surface area (Å²) < 4.78 is 2.21. The Labute approximate surface area is 107 Å². The van der Waals surface area contributed by atoms with E-state index in [4.69, 9.17) is 0 Å². The second-order valence-corrected chi connectivity index (χ2v) is 5.42. The number of imidazole rings is 1. The second-order valence-electron chi connectivity index (χ2n) is 4.64. The van der Waals surface area contributed by atoms with Gasteiger partial charge < -0.3 is 9.88 Å². The van der Waals surface area contributed by atoms with Crippen molar-refractivity contribution in [3.63, 3.8) is 0 Å². The Balaban J connectivity index is 2.31. The summed E-state index contributed by atoms with van der Waals surface area (Å²) in [5, 5.41) is 7.70. The fourth-order valence-corrected chi connectivity index (χ4v) is 2.60. The number of aromatic nitrogens is 2. The maximum atomic E-state index is 4.54. The van der Waals surface area contributed by atoms with E-state index in [1.807, 2.05) is 6.92 Å². The summed E-state index contributed by atoms with van der Waals surface area (Å²) >= 11 is 1.73. The SMILES string of the molecule is Cc1cn(C(C)c2ccsc2)c(NC(C)C)n1. The van der Waals surface area contributed by atoms with Crippen LogP contribution in [0.25, 0.3) is 0 Å². The average Bonchev–Trinajstić information content (AvgIpc) is 2.85. The van der Waals surface area contributed by atoms with Gasteiger partial charge in [-0.3, -0.25) is 0 Å². The predicted octanol–water partition coefficient (Wildman–Crippen LogP) is 3.68. The van der Waals surface area contributed by atoms with Gasteiger partial charge in [-0.15, -0.1) is 0 Å². The number of anilines is 1. The predicted molar refractivity (Wildman–Crippen MR) is 73.9 cm³/mol. The van der Waals surface area contributed by atoms with Gasteiger partial charge in [0, 0.05) is 12.2 Å². The van der Waals surface area contributed by atoms with Crippen molar-refractivity contribution in [1.29, 1.82) is 0 Å². The van der Waals surface area contributed by atoms with Crippen LogP contribution in [-0.2, 0) is 0 Å². The van der Waals surface area contributed by atoms with Crippen LogP contribution < -0.4 is 5.32 Å². The molecule has 2 rings (SSSR count). The minimum Gasteiger partial charge on any atom is -0.353 e. The Morgan fingerprint density at radius 3 is 2.71 bits per heavy atom. The first kappa shape index (κ1) is 12.2. The fourth-order valence-electron chi connectivity index (χ4n) is 1.85. The molecule has 2 heterocycles. The number of thiophene rings is 1. The summed E-state index contributed by atoms with van der Waals surface area (Å²) in [6, 6.07) is 2.89. The molecular weight excluding hydrogens is 230 g/mol. The zero-order valence-corrected chi connectivity index (χ0v) is 11.6. The molecule has 2 aromatic heterocycles. The quantitative estimate of drug-likeness (QED) is 0.895. The minimum atomic E-state index is 0.323. The van der Waals surface area contributed by atoms with Crippen molar-refractivity contribution in [2.24, 2.45) is 0 Å². The molecule has 0 amide bonds. The average molecular weight is 249 g/mol. The zero-order valence-electron chi connectivity index (χ0n) is 10.8. The molecule has 0 bridgehead atoms. The Hall–Kier alpha value is -1.29. The van der Waals surface area contributed by atoms with E-state index in [0.29, 0.717) is 12.1 Å². The fraction of sp³-hybridized carbons (Fsp3) is 0.462. The molecule has 0 aromatic carbocycles. The summed E-state index contributed by atoms with van der Waals surface area (Å²) in [5.41, 5.74) is 2.38. The highest BCUT2D eigenvalue weighted by Crippen LogP contribution is 2.24. The lowest BCUT2D eigenvalue weighted by molar-refractivity contribution is 0.640. The van der Waals surface area contributed by atoms with E-state index in [-0.39, 0.29) is 0 Å². The highest BCUT2D eigenvalue weighted by Gasteiger charge is 2.14. The van der Waals surface area contributed by atoms with Crippen molar-refractivity contribution in [1.82, 2.24) is 9.55 Å². The first-order valence-electron chi connectivity index (χ1n) is 5.92. The lowest BCUT2D eigenvalue weighted by Gasteiger charge is -2.17. The minimum absolute atomic E-state index is 0.323. The molecule has 0 saturated heterocycles. The highest BCUT2D eigenvalue weighted by atomic mass is 32.1. The summed E-state index contributed by atoms with van der Waals surface area (Å²) in [5.74, 6) is 0.955. The molecule has 1 N–H and O–H groups in total. The maximum Gasteiger partial charge on any atom is 0.203 e. The molecule has 92 valence electrons. The molecule has 0 aliphatic carbocycles. The topological polar surface area (TPSA) is 29.9 Å². The van der Waals surface area contributed by atoms with Gasteiger partial charge in [0.05, 0.1) is 11.7 Å². The van der Waals surface area contributed by atoms with Crippen LogP contribution in [0.2, 0.25) is 0 Å². The van der Waals surface area contributed by atoms with Gasteiger partial charge >= 0.3 is 0 Å². The smallest absolute Gasteiger partial charge is 0.203 e. The molecule has 0 fully saturated rings. The Kier molecular flexibility index (Phi) is 3.52. The van der Waals surface area contributed by atoms with E-state index in [0.717, 1.165) is 11.6 Å². The molecule has 4 heteroatoms. The lowest BCUT2D eigenvalue weighted by Crippen LogP contribution is -2.16. The number of hydrogen-bond acceptors (Lipinski definition) is 3. The van der Waals surface area contributed by atoms with Crippen LogP contribution in [0.1, 0.15) is 38.1 Å². The third-order valence-corrected chi connectivity index (χ3v) is 3.41. The van der Waals surface area contributed by atoms with Gasteiger partial charge in [0.15, 0.2) is 0 Å². The number of hydrogen-bond donors (Lipinski definition) is 1. The first-order chi connectivity index (χ1) is 8.08. The third kappa shape index (κ3) is 2.69. The van der Waals surface area contributed by atoms with Gasteiger partial charge in [0.1, 0.15) is 0 Å². The van der Waals surface area contributed by atoms with Crippen molar-refractivity contribution in [2.45, 2.75) is 39.8 Å². The number of aryl methyl sites for hydroxylation is 1. The molecule has 17 heavy (non-hydrogen) atoms. The van der Waals surface area contributed by atoms with Gasteiger partial charge in [-0.05, 0) is 50.1 Å². The van der Waals surface area contributed by atoms with Gasteiger partial charge in [-0.1, -0.05) is 0 Å². The van der Waals surface area contributed by atoms with E-state index in [1.54, 1.807) is 11.3 Å². The van der Waals surface area contributed by atoms with E-state index < -0.39 is 0 Å². The van der Waals surface area contributed by atoms with Crippen LogP contribution in [0.15, 0.2) is 23.0 Å². The normalized spacial score (nSPS) is 13.0. The van der Waals surface area contributed by atoms with Crippen LogP contribution in [0.4, 0.5) is 5.95 Å². The van der Waals surface area contributed by atoms with Gasteiger partial charge in [0.2, 0.25) is 5.95 Å². The summed E-state index contributed by atoms with van der Waals surface area (Å²) in [6.07, 6.45) is 2.10. The molecule has 1 unspecified atom stereocenters. The standard InChI is InChI=1S/C13H19N3S/c1-9(2)14-13-15-10(3)7-16(13)11(4)12-5-6-17-8-12/h5-9,11H,1-4H3,(H,14,15). The van der Waals surface area contributed by atoms with Crippen LogP contribution in [0.5, 0.6) is 0 Å². The van der Waals surface area contributed by atoms with Crippen LogP contribution in [0, 0.1) is 6.92 Å². The van der Waals surface area contributed by atoms with Crippen LogP contribution in [0.3, 0.4) is 0 Å². The molecule has 0 saturated carbocycles. The molecule has 0 aliphatic rings. The molecule has 3 nitrogen and oxygen atoms in total. The summed E-state index contributed by atoms with van der Waals surface area (Å²) in [4.78, 5) is 4.54. The van der Waals surface area contributed by atoms with Crippen molar-refractivity contribution in [3.05, 3.63) is 34.3 Å².